The molecule has 5 heteroatoms. The van der Waals surface area contributed by atoms with E-state index in [-0.39, 0.29) is 0 Å². The molecule has 0 fully saturated rings. The first-order valence-corrected chi connectivity index (χ1v) is 6.69. The molecule has 0 amide bonds. The molecule has 0 aromatic heterocycles. The molecule has 114 valence electrons. The molecule has 0 bridgehead atoms. The SMILES string of the molecule is COC(=O)CC(=O)Oc1ccc(Oc2ccc(C)cc2)cc1. The third-order valence-corrected chi connectivity index (χ3v) is 2.83. The van der Waals surface area contributed by atoms with E-state index in [1.165, 1.54) is 7.11 Å². The number of esters is 2. The lowest BCUT2D eigenvalue weighted by Gasteiger charge is -2.07. The summed E-state index contributed by atoms with van der Waals surface area (Å²) in [5.74, 6) is 0.381. The second-order valence-electron chi connectivity index (χ2n) is 4.61. The van der Waals surface area contributed by atoms with Crippen molar-refractivity contribution < 1.29 is 23.8 Å². The summed E-state index contributed by atoms with van der Waals surface area (Å²) in [5.41, 5.74) is 1.15. The lowest BCUT2D eigenvalue weighted by molar-refractivity contribution is -0.148. The van der Waals surface area contributed by atoms with Crippen molar-refractivity contribution >= 4 is 11.9 Å². The Morgan fingerprint density at radius 1 is 0.818 bits per heavy atom. The lowest BCUT2D eigenvalue weighted by Crippen LogP contribution is -2.14. The highest BCUT2D eigenvalue weighted by molar-refractivity contribution is 5.92. The van der Waals surface area contributed by atoms with Gasteiger partial charge in [0, 0.05) is 0 Å². The quantitative estimate of drug-likeness (QED) is 0.482. The fraction of sp³-hybridized carbons (Fsp3) is 0.176. The van der Waals surface area contributed by atoms with E-state index in [1.54, 1.807) is 24.3 Å². The minimum atomic E-state index is -0.668. The van der Waals surface area contributed by atoms with Crippen LogP contribution in [0.25, 0.3) is 0 Å². The van der Waals surface area contributed by atoms with Gasteiger partial charge in [0.05, 0.1) is 7.11 Å². The largest absolute Gasteiger partial charge is 0.469 e. The Kier molecular flexibility index (Phi) is 5.14. The van der Waals surface area contributed by atoms with Crippen LogP contribution in [0.4, 0.5) is 0 Å². The summed E-state index contributed by atoms with van der Waals surface area (Å²) in [7, 11) is 1.22. The number of hydrogen-bond acceptors (Lipinski definition) is 5. The minimum absolute atomic E-state index is 0.338. The Balaban J connectivity index is 1.94. The molecule has 0 spiro atoms. The van der Waals surface area contributed by atoms with E-state index in [9.17, 15) is 9.59 Å². The fourth-order valence-corrected chi connectivity index (χ4v) is 1.68. The Hall–Kier alpha value is -2.82. The fourth-order valence-electron chi connectivity index (χ4n) is 1.68. The molecule has 0 unspecified atom stereocenters. The van der Waals surface area contributed by atoms with Gasteiger partial charge in [-0.1, -0.05) is 17.7 Å². The van der Waals surface area contributed by atoms with Gasteiger partial charge in [-0.3, -0.25) is 9.59 Å². The van der Waals surface area contributed by atoms with Crippen molar-refractivity contribution in [1.82, 2.24) is 0 Å². The van der Waals surface area contributed by atoms with E-state index < -0.39 is 18.4 Å². The standard InChI is InChI=1S/C17H16O5/c1-12-3-5-13(6-4-12)21-14-7-9-15(10-8-14)22-17(19)11-16(18)20-2/h3-10H,11H2,1-2H3. The third-order valence-electron chi connectivity index (χ3n) is 2.83. The molecule has 2 aromatic carbocycles. The normalized spacial score (nSPS) is 9.91. The van der Waals surface area contributed by atoms with Gasteiger partial charge in [-0.15, -0.1) is 0 Å². The van der Waals surface area contributed by atoms with Crippen LogP contribution in [0.15, 0.2) is 48.5 Å². The number of hydrogen-bond donors (Lipinski definition) is 0. The molecular formula is C17H16O5. The van der Waals surface area contributed by atoms with Gasteiger partial charge in [0.15, 0.2) is 0 Å². The van der Waals surface area contributed by atoms with Gasteiger partial charge in [-0.2, -0.15) is 0 Å². The molecule has 0 radical (unpaired) electrons. The highest BCUT2D eigenvalue weighted by atomic mass is 16.5. The number of methoxy groups -OCH3 is 1. The second kappa shape index (κ2) is 7.26. The number of aryl methyl sites for hydroxylation is 1. The smallest absolute Gasteiger partial charge is 0.322 e. The second-order valence-corrected chi connectivity index (χ2v) is 4.61. The van der Waals surface area contributed by atoms with Crippen molar-refractivity contribution in [3.8, 4) is 17.2 Å². The third kappa shape index (κ3) is 4.63. The van der Waals surface area contributed by atoms with Gasteiger partial charge < -0.3 is 14.2 Å². The van der Waals surface area contributed by atoms with Gasteiger partial charge in [0.25, 0.3) is 0 Å². The highest BCUT2D eigenvalue weighted by Gasteiger charge is 2.11. The van der Waals surface area contributed by atoms with E-state index in [0.717, 1.165) is 11.3 Å². The van der Waals surface area contributed by atoms with Crippen LogP contribution in [0.2, 0.25) is 0 Å². The molecule has 0 N–H and O–H groups in total. The summed E-state index contributed by atoms with van der Waals surface area (Å²) < 4.78 is 15.1. The minimum Gasteiger partial charge on any atom is -0.469 e. The Morgan fingerprint density at radius 3 is 1.86 bits per heavy atom. The molecule has 22 heavy (non-hydrogen) atoms. The first-order chi connectivity index (χ1) is 10.6. The van der Waals surface area contributed by atoms with E-state index >= 15 is 0 Å². The Labute approximate surface area is 128 Å². The van der Waals surface area contributed by atoms with Crippen molar-refractivity contribution in [2.75, 3.05) is 7.11 Å². The molecule has 2 aromatic rings. The van der Waals surface area contributed by atoms with Crippen LogP contribution in [0, 0.1) is 6.92 Å². The van der Waals surface area contributed by atoms with Crippen LogP contribution in [-0.2, 0) is 14.3 Å². The zero-order valence-corrected chi connectivity index (χ0v) is 12.4. The van der Waals surface area contributed by atoms with Crippen molar-refractivity contribution in [2.45, 2.75) is 13.3 Å². The van der Waals surface area contributed by atoms with Crippen molar-refractivity contribution in [1.29, 1.82) is 0 Å². The number of benzene rings is 2. The zero-order chi connectivity index (χ0) is 15.9. The Morgan fingerprint density at radius 2 is 1.32 bits per heavy atom. The van der Waals surface area contributed by atoms with Crippen LogP contribution >= 0.6 is 0 Å². The summed E-state index contributed by atoms with van der Waals surface area (Å²) in [4.78, 5) is 22.4. The summed E-state index contributed by atoms with van der Waals surface area (Å²) in [6.45, 7) is 2.00. The predicted molar refractivity (Wildman–Crippen MR) is 80.0 cm³/mol. The van der Waals surface area contributed by atoms with Gasteiger partial charge in [-0.05, 0) is 43.3 Å². The highest BCUT2D eigenvalue weighted by Crippen LogP contribution is 2.24. The van der Waals surface area contributed by atoms with Crippen LogP contribution < -0.4 is 9.47 Å². The zero-order valence-electron chi connectivity index (χ0n) is 12.4. The first kappa shape index (κ1) is 15.6. The van der Waals surface area contributed by atoms with Gasteiger partial charge in [-0.25, -0.2) is 0 Å². The molecule has 0 saturated carbocycles. The summed E-state index contributed by atoms with van der Waals surface area (Å²) >= 11 is 0. The average molecular weight is 300 g/mol. The number of carbonyl (C=O) groups excluding carboxylic acids is 2. The first-order valence-electron chi connectivity index (χ1n) is 6.69. The lowest BCUT2D eigenvalue weighted by atomic mass is 10.2. The molecule has 5 nitrogen and oxygen atoms in total. The molecule has 0 saturated heterocycles. The van der Waals surface area contributed by atoms with E-state index in [1.807, 2.05) is 31.2 Å². The van der Waals surface area contributed by atoms with E-state index in [0.29, 0.717) is 11.5 Å². The molecule has 0 aliphatic rings. The van der Waals surface area contributed by atoms with Crippen molar-refractivity contribution in [3.05, 3.63) is 54.1 Å². The summed E-state index contributed by atoms with van der Waals surface area (Å²) in [6.07, 6.45) is -0.419. The van der Waals surface area contributed by atoms with E-state index in [4.69, 9.17) is 9.47 Å². The van der Waals surface area contributed by atoms with Crippen LogP contribution in [0.1, 0.15) is 12.0 Å². The Bertz CT molecular complexity index is 644. The molecule has 0 heterocycles. The monoisotopic (exact) mass is 300 g/mol. The van der Waals surface area contributed by atoms with Crippen LogP contribution in [0.5, 0.6) is 17.2 Å². The molecule has 2 rings (SSSR count). The maximum atomic E-state index is 11.4. The van der Waals surface area contributed by atoms with Gasteiger partial charge >= 0.3 is 11.9 Å². The summed E-state index contributed by atoms with van der Waals surface area (Å²) in [6, 6.07) is 14.2. The topological polar surface area (TPSA) is 61.8 Å². The number of carbonyl (C=O) groups is 2. The number of rotatable bonds is 5. The number of ether oxygens (including phenoxy) is 3. The predicted octanol–water partition coefficient (Wildman–Crippen LogP) is 3.26. The molecule has 0 atom stereocenters. The molecule has 0 aliphatic heterocycles. The van der Waals surface area contributed by atoms with Crippen LogP contribution in [0.3, 0.4) is 0 Å². The van der Waals surface area contributed by atoms with Crippen molar-refractivity contribution in [3.63, 3.8) is 0 Å². The van der Waals surface area contributed by atoms with Crippen LogP contribution in [-0.4, -0.2) is 19.0 Å². The van der Waals surface area contributed by atoms with Crippen molar-refractivity contribution in [2.24, 2.45) is 0 Å². The van der Waals surface area contributed by atoms with Gasteiger partial charge in [0.1, 0.15) is 23.7 Å². The average Bonchev–Trinajstić information content (AvgIpc) is 2.51. The molecule has 0 aliphatic carbocycles. The maximum Gasteiger partial charge on any atom is 0.322 e. The molecular weight excluding hydrogens is 284 g/mol. The van der Waals surface area contributed by atoms with Gasteiger partial charge in [0.2, 0.25) is 0 Å². The maximum absolute atomic E-state index is 11.4. The van der Waals surface area contributed by atoms with E-state index in [2.05, 4.69) is 4.74 Å². The summed E-state index contributed by atoms with van der Waals surface area (Å²) in [5, 5.41) is 0.